The van der Waals surface area contributed by atoms with Gasteiger partial charge < -0.3 is 10.2 Å². The minimum absolute atomic E-state index is 0.191. The van der Waals surface area contributed by atoms with Crippen LogP contribution in [0.4, 0.5) is 16.2 Å². The molecule has 1 saturated heterocycles. The summed E-state index contributed by atoms with van der Waals surface area (Å²) in [4.78, 5) is 14.2. The van der Waals surface area contributed by atoms with Gasteiger partial charge in [0.15, 0.2) is 0 Å². The van der Waals surface area contributed by atoms with Crippen LogP contribution in [0.15, 0.2) is 24.3 Å². The van der Waals surface area contributed by atoms with Gasteiger partial charge in [0.25, 0.3) is 0 Å². The highest BCUT2D eigenvalue weighted by molar-refractivity contribution is 7.94. The number of hydrogen-bond donors (Lipinski definition) is 3. The van der Waals surface area contributed by atoms with Gasteiger partial charge in [-0.1, -0.05) is 0 Å². The van der Waals surface area contributed by atoms with E-state index in [1.807, 2.05) is 0 Å². The summed E-state index contributed by atoms with van der Waals surface area (Å²) in [5.41, 5.74) is 0.958. The fraction of sp³-hybridized carbons (Fsp3) is 0.650. The molecule has 1 fully saturated rings. The molecule has 31 heavy (non-hydrogen) atoms. The molecule has 0 unspecified atom stereocenters. The quantitative estimate of drug-likeness (QED) is 0.605. The minimum atomic E-state index is -3.53. The molecule has 3 N–H and O–H groups in total. The van der Waals surface area contributed by atoms with E-state index in [9.17, 15) is 21.6 Å². The van der Waals surface area contributed by atoms with E-state index < -0.39 is 29.5 Å². The average molecular weight is 475 g/mol. The lowest BCUT2D eigenvalue weighted by molar-refractivity contribution is 0.193. The van der Waals surface area contributed by atoms with Gasteiger partial charge in [0, 0.05) is 30.5 Å². The molecule has 0 radical (unpaired) electrons. The summed E-state index contributed by atoms with van der Waals surface area (Å²) in [5.74, 6) is 0. The second-order valence-corrected chi connectivity index (χ2v) is 14.6. The predicted octanol–water partition coefficient (Wildman–Crippen LogP) is 2.94. The number of carbonyl (C=O) groups is 1. The molecule has 1 aromatic carbocycles. The SMILES string of the molecule is CC(C)(C)S(=O)(=O)Nc1ccc(NC(=O)N2CCC(NS(=O)(=O)C(C)(C)C)CC2)cc1. The molecule has 2 rings (SSSR count). The maximum Gasteiger partial charge on any atom is 0.321 e. The highest BCUT2D eigenvalue weighted by Gasteiger charge is 2.33. The maximum atomic E-state index is 12.5. The Morgan fingerprint density at radius 3 is 1.74 bits per heavy atom. The van der Waals surface area contributed by atoms with Gasteiger partial charge in [-0.15, -0.1) is 0 Å². The molecular weight excluding hydrogens is 440 g/mol. The number of benzene rings is 1. The van der Waals surface area contributed by atoms with E-state index in [4.69, 9.17) is 0 Å². The van der Waals surface area contributed by atoms with Crippen molar-refractivity contribution in [1.82, 2.24) is 9.62 Å². The number of amides is 2. The van der Waals surface area contributed by atoms with E-state index in [-0.39, 0.29) is 12.1 Å². The number of anilines is 2. The molecule has 1 aromatic rings. The summed E-state index contributed by atoms with van der Waals surface area (Å²) in [5, 5.41) is 2.79. The zero-order valence-electron chi connectivity index (χ0n) is 19.0. The van der Waals surface area contributed by atoms with Crippen molar-refractivity contribution < 1.29 is 21.6 Å². The molecule has 0 bridgehead atoms. The summed E-state index contributed by atoms with van der Waals surface area (Å²) < 4.78 is 52.5. The zero-order chi connectivity index (χ0) is 23.7. The maximum absolute atomic E-state index is 12.5. The Hall–Kier alpha value is -1.85. The largest absolute Gasteiger partial charge is 0.324 e. The van der Waals surface area contributed by atoms with Crippen molar-refractivity contribution in [1.29, 1.82) is 0 Å². The highest BCUT2D eigenvalue weighted by Crippen LogP contribution is 2.22. The predicted molar refractivity (Wildman–Crippen MR) is 124 cm³/mol. The number of carbonyl (C=O) groups excluding carboxylic acids is 1. The summed E-state index contributed by atoms with van der Waals surface area (Å²) in [6, 6.07) is 5.97. The van der Waals surface area contributed by atoms with Crippen molar-refractivity contribution in [2.75, 3.05) is 23.1 Å². The summed E-state index contributed by atoms with van der Waals surface area (Å²) in [6.07, 6.45) is 1.08. The lowest BCUT2D eigenvalue weighted by Crippen LogP contribution is -2.50. The van der Waals surface area contributed by atoms with Crippen LogP contribution in [-0.4, -0.2) is 56.4 Å². The average Bonchev–Trinajstić information content (AvgIpc) is 2.61. The second-order valence-electron chi connectivity index (χ2n) is 9.72. The van der Waals surface area contributed by atoms with Crippen molar-refractivity contribution in [3.05, 3.63) is 24.3 Å². The Morgan fingerprint density at radius 1 is 0.839 bits per heavy atom. The standard InChI is InChI=1S/C20H34N4O5S2/c1-19(2,3)30(26,27)22-16-9-7-15(8-10-16)21-18(25)24-13-11-17(12-14-24)23-31(28,29)20(4,5)6/h7-10,17,22-23H,11-14H2,1-6H3,(H,21,25). The Balaban J connectivity index is 1.90. The minimum Gasteiger partial charge on any atom is -0.324 e. The van der Waals surface area contributed by atoms with Gasteiger partial charge in [-0.05, 0) is 78.6 Å². The van der Waals surface area contributed by atoms with Crippen LogP contribution in [0.1, 0.15) is 54.4 Å². The van der Waals surface area contributed by atoms with Crippen molar-refractivity contribution in [3.8, 4) is 0 Å². The molecule has 2 amide bonds. The van der Waals surface area contributed by atoms with Gasteiger partial charge in [-0.3, -0.25) is 4.72 Å². The molecule has 1 aliphatic heterocycles. The highest BCUT2D eigenvalue weighted by atomic mass is 32.2. The molecule has 0 atom stereocenters. The van der Waals surface area contributed by atoms with E-state index in [0.717, 1.165) is 0 Å². The van der Waals surface area contributed by atoms with Gasteiger partial charge in [-0.2, -0.15) is 0 Å². The molecule has 0 saturated carbocycles. The lowest BCUT2D eigenvalue weighted by Gasteiger charge is -2.33. The fourth-order valence-corrected chi connectivity index (χ4v) is 4.51. The number of nitrogens with one attached hydrogen (secondary N) is 3. The first kappa shape index (κ1) is 25.4. The van der Waals surface area contributed by atoms with Crippen LogP contribution in [-0.2, 0) is 20.0 Å². The number of sulfonamides is 2. The zero-order valence-corrected chi connectivity index (χ0v) is 20.7. The van der Waals surface area contributed by atoms with Gasteiger partial charge in [0.05, 0.1) is 9.49 Å². The molecule has 1 heterocycles. The van der Waals surface area contributed by atoms with Gasteiger partial charge in [0.1, 0.15) is 0 Å². The Labute approximate surface area is 186 Å². The fourth-order valence-electron chi connectivity index (χ4n) is 2.73. The number of urea groups is 1. The van der Waals surface area contributed by atoms with Crippen LogP contribution in [0, 0.1) is 0 Å². The third-order valence-electron chi connectivity index (χ3n) is 5.10. The first-order chi connectivity index (χ1) is 14.0. The number of hydrogen-bond acceptors (Lipinski definition) is 5. The molecule has 1 aliphatic rings. The van der Waals surface area contributed by atoms with E-state index in [0.29, 0.717) is 37.3 Å². The van der Waals surface area contributed by atoms with Crippen LogP contribution in [0.25, 0.3) is 0 Å². The van der Waals surface area contributed by atoms with Gasteiger partial charge in [0.2, 0.25) is 20.0 Å². The molecule has 0 spiro atoms. The molecule has 11 heteroatoms. The van der Waals surface area contributed by atoms with E-state index in [2.05, 4.69) is 14.8 Å². The Kier molecular flexibility index (Phi) is 7.34. The number of likely N-dealkylation sites (tertiary alicyclic amines) is 1. The first-order valence-electron chi connectivity index (χ1n) is 10.2. The number of rotatable bonds is 5. The molecule has 176 valence electrons. The van der Waals surface area contributed by atoms with Gasteiger partial charge >= 0.3 is 6.03 Å². The third-order valence-corrected chi connectivity index (χ3v) is 9.48. The Bertz CT molecular complexity index is 983. The van der Waals surface area contributed by atoms with E-state index in [1.165, 1.54) is 0 Å². The molecule has 9 nitrogen and oxygen atoms in total. The second kappa shape index (κ2) is 8.95. The van der Waals surface area contributed by atoms with Crippen molar-refractivity contribution in [2.45, 2.75) is 69.9 Å². The van der Waals surface area contributed by atoms with Gasteiger partial charge in [-0.25, -0.2) is 26.4 Å². The summed E-state index contributed by atoms with van der Waals surface area (Å²) >= 11 is 0. The summed E-state index contributed by atoms with van der Waals surface area (Å²) in [6.45, 7) is 10.7. The summed E-state index contributed by atoms with van der Waals surface area (Å²) in [7, 11) is -6.95. The number of piperidine rings is 1. The number of nitrogens with zero attached hydrogens (tertiary/aromatic N) is 1. The van der Waals surface area contributed by atoms with E-state index in [1.54, 1.807) is 70.7 Å². The van der Waals surface area contributed by atoms with Crippen LogP contribution in [0.2, 0.25) is 0 Å². The van der Waals surface area contributed by atoms with Crippen LogP contribution in [0.3, 0.4) is 0 Å². The van der Waals surface area contributed by atoms with E-state index >= 15 is 0 Å². The smallest absolute Gasteiger partial charge is 0.321 e. The van der Waals surface area contributed by atoms with Crippen LogP contribution >= 0.6 is 0 Å². The Morgan fingerprint density at radius 2 is 1.29 bits per heavy atom. The topological polar surface area (TPSA) is 125 Å². The molecule has 0 aromatic heterocycles. The van der Waals surface area contributed by atoms with Crippen molar-refractivity contribution in [2.24, 2.45) is 0 Å². The molecule has 0 aliphatic carbocycles. The third kappa shape index (κ3) is 6.56. The van der Waals surface area contributed by atoms with Crippen molar-refractivity contribution in [3.63, 3.8) is 0 Å². The van der Waals surface area contributed by atoms with Crippen molar-refractivity contribution >= 4 is 37.5 Å². The normalized spacial score (nSPS) is 16.8. The van der Waals surface area contributed by atoms with Crippen LogP contribution < -0.4 is 14.8 Å². The monoisotopic (exact) mass is 474 g/mol. The molecular formula is C20H34N4O5S2. The lowest BCUT2D eigenvalue weighted by atomic mass is 10.1. The van der Waals surface area contributed by atoms with Crippen LogP contribution in [0.5, 0.6) is 0 Å². The first-order valence-corrected chi connectivity index (χ1v) is 13.2.